The van der Waals surface area contributed by atoms with Gasteiger partial charge in [0.1, 0.15) is 16.5 Å². The number of pyridine rings is 1. The van der Waals surface area contributed by atoms with E-state index in [9.17, 15) is 18.3 Å². The van der Waals surface area contributed by atoms with Gasteiger partial charge in [0.2, 0.25) is 0 Å². The number of amides is 1. The molecule has 1 aliphatic rings. The lowest BCUT2D eigenvalue weighted by Gasteiger charge is -2.30. The number of aliphatic hydroxyl groups is 1. The summed E-state index contributed by atoms with van der Waals surface area (Å²) in [7, 11) is -2.65. The zero-order valence-electron chi connectivity index (χ0n) is 17.9. The van der Waals surface area contributed by atoms with Crippen LogP contribution in [0.15, 0.2) is 83.5 Å². The van der Waals surface area contributed by atoms with Crippen molar-refractivity contribution in [1.29, 1.82) is 0 Å². The number of rotatable bonds is 5. The van der Waals surface area contributed by atoms with Crippen molar-refractivity contribution >= 4 is 48.9 Å². The molecule has 0 atom stereocenters. The second-order valence-electron chi connectivity index (χ2n) is 7.48. The maximum Gasteiger partial charge on any atom is 0.278 e. The van der Waals surface area contributed by atoms with Gasteiger partial charge < -0.3 is 15.2 Å². The number of carbonyl (C=O) groups excluding carboxylic acids is 1. The fourth-order valence-corrected chi connectivity index (χ4v) is 7.07. The summed E-state index contributed by atoms with van der Waals surface area (Å²) in [5.74, 6) is -0.330. The molecule has 0 saturated heterocycles. The van der Waals surface area contributed by atoms with Crippen molar-refractivity contribution in [1.82, 2.24) is 9.29 Å². The number of benzene rings is 2. The van der Waals surface area contributed by atoms with Gasteiger partial charge in [0.25, 0.3) is 15.9 Å². The summed E-state index contributed by atoms with van der Waals surface area (Å²) in [6, 6.07) is 18.8. The number of sulfonamides is 1. The minimum absolute atomic E-state index is 0.00602. The van der Waals surface area contributed by atoms with Gasteiger partial charge in [-0.25, -0.2) is 13.4 Å². The van der Waals surface area contributed by atoms with Gasteiger partial charge in [-0.2, -0.15) is 0 Å². The van der Waals surface area contributed by atoms with Crippen molar-refractivity contribution in [3.8, 4) is 5.75 Å². The average Bonchev–Trinajstić information content (AvgIpc) is 3.25. The highest BCUT2D eigenvalue weighted by atomic mass is 32.2. The molecule has 0 radical (unpaired) electrons. The molecule has 2 N–H and O–H groups in total. The Morgan fingerprint density at radius 3 is 2.53 bits per heavy atom. The Morgan fingerprint density at radius 2 is 1.82 bits per heavy atom. The highest BCUT2D eigenvalue weighted by Crippen LogP contribution is 2.45. The normalized spacial score (nSPS) is 14.7. The quantitative estimate of drug-likeness (QED) is 0.427. The molecule has 3 heterocycles. The number of ether oxygens (including phenoxy) is 1. The molecule has 0 unspecified atom stereocenters. The van der Waals surface area contributed by atoms with Gasteiger partial charge in [-0.05, 0) is 35.9 Å². The van der Waals surface area contributed by atoms with Crippen LogP contribution in [-0.4, -0.2) is 35.8 Å². The van der Waals surface area contributed by atoms with E-state index in [1.54, 1.807) is 66.7 Å². The number of aromatic nitrogens is 1. The molecule has 1 amide bonds. The number of nitrogens with one attached hydrogen (secondary N) is 1. The van der Waals surface area contributed by atoms with E-state index in [1.807, 2.05) is 0 Å². The Morgan fingerprint density at radius 1 is 1.09 bits per heavy atom. The van der Waals surface area contributed by atoms with Crippen LogP contribution in [0.1, 0.15) is 10.4 Å². The van der Waals surface area contributed by atoms with E-state index in [0.717, 1.165) is 15.6 Å². The summed E-state index contributed by atoms with van der Waals surface area (Å²) < 4.78 is 34.6. The van der Waals surface area contributed by atoms with Crippen LogP contribution >= 0.6 is 11.3 Å². The number of fused-ring (bicyclic) bond motifs is 3. The summed E-state index contributed by atoms with van der Waals surface area (Å²) in [5, 5.41) is 14.3. The lowest BCUT2D eigenvalue weighted by atomic mass is 10.2. The minimum atomic E-state index is -4.19. The van der Waals surface area contributed by atoms with Crippen LogP contribution in [0.4, 0.5) is 5.82 Å². The molecule has 5 rings (SSSR count). The Kier molecular flexibility index (Phi) is 5.46. The third kappa shape index (κ3) is 3.66. The number of methoxy groups -OCH3 is 1. The van der Waals surface area contributed by atoms with Gasteiger partial charge in [0.05, 0.1) is 18.5 Å². The van der Waals surface area contributed by atoms with Gasteiger partial charge in [-0.1, -0.05) is 36.4 Å². The molecule has 0 saturated carbocycles. The zero-order chi connectivity index (χ0) is 23.9. The maximum atomic E-state index is 13.9. The number of carbonyl (C=O) groups is 1. The molecule has 34 heavy (non-hydrogen) atoms. The van der Waals surface area contributed by atoms with E-state index in [0.29, 0.717) is 21.4 Å². The Bertz CT molecular complexity index is 1530. The van der Waals surface area contributed by atoms with Crippen molar-refractivity contribution < 1.29 is 23.1 Å². The first kappa shape index (κ1) is 21.9. The Labute approximate surface area is 199 Å². The van der Waals surface area contributed by atoms with E-state index < -0.39 is 21.7 Å². The average molecular weight is 494 g/mol. The first-order valence-corrected chi connectivity index (χ1v) is 12.5. The summed E-state index contributed by atoms with van der Waals surface area (Å²) >= 11 is 1.12. The van der Waals surface area contributed by atoms with Gasteiger partial charge in [0.15, 0.2) is 11.5 Å². The number of aliphatic hydroxyl groups excluding tert-OH is 1. The second kappa shape index (κ2) is 8.47. The van der Waals surface area contributed by atoms with Crippen molar-refractivity contribution in [2.24, 2.45) is 0 Å². The van der Waals surface area contributed by atoms with Crippen LogP contribution in [0.25, 0.3) is 15.8 Å². The van der Waals surface area contributed by atoms with Gasteiger partial charge in [-0.3, -0.25) is 9.10 Å². The molecule has 10 heteroatoms. The molecule has 4 aromatic rings. The smallest absolute Gasteiger partial charge is 0.278 e. The molecule has 0 fully saturated rings. The fraction of sp³-hybridized carbons (Fsp3) is 0.0833. The van der Waals surface area contributed by atoms with E-state index in [1.165, 1.54) is 13.3 Å². The zero-order valence-corrected chi connectivity index (χ0v) is 19.6. The summed E-state index contributed by atoms with van der Waals surface area (Å²) in [6.07, 6.45) is 1.50. The van der Waals surface area contributed by atoms with E-state index in [4.69, 9.17) is 4.74 Å². The topological polar surface area (TPSA) is 109 Å². The highest BCUT2D eigenvalue weighted by Gasteiger charge is 2.42. The summed E-state index contributed by atoms with van der Waals surface area (Å²) in [6.45, 7) is -0.162. The first-order valence-electron chi connectivity index (χ1n) is 10.2. The predicted octanol–water partition coefficient (Wildman–Crippen LogP) is 4.37. The first-order chi connectivity index (χ1) is 16.4. The van der Waals surface area contributed by atoms with E-state index in [2.05, 4.69) is 10.3 Å². The van der Waals surface area contributed by atoms with Gasteiger partial charge in [-0.15, -0.1) is 11.3 Å². The fourth-order valence-electron chi connectivity index (χ4n) is 3.78. The number of hydrogen-bond donors (Lipinski definition) is 2. The van der Waals surface area contributed by atoms with Crippen LogP contribution in [0.2, 0.25) is 0 Å². The minimum Gasteiger partial charge on any atom is -0.504 e. The SMILES string of the molecule is COc1ccc(CN2C(C(=O)Nc3ccccn3)=C(O)c3sc4ccccc4c3S2(=O)=O)cc1. The van der Waals surface area contributed by atoms with Crippen molar-refractivity contribution in [2.45, 2.75) is 11.4 Å². The predicted molar refractivity (Wildman–Crippen MR) is 130 cm³/mol. The molecule has 1 aliphatic heterocycles. The van der Waals surface area contributed by atoms with Crippen LogP contribution in [0.5, 0.6) is 5.75 Å². The molecule has 0 aliphatic carbocycles. The van der Waals surface area contributed by atoms with Crippen LogP contribution in [0.3, 0.4) is 0 Å². The van der Waals surface area contributed by atoms with Crippen LogP contribution in [-0.2, 0) is 21.4 Å². The number of nitrogens with zero attached hydrogens (tertiary/aromatic N) is 2. The maximum absolute atomic E-state index is 13.9. The van der Waals surface area contributed by atoms with Crippen LogP contribution in [0, 0.1) is 0 Å². The van der Waals surface area contributed by atoms with Crippen LogP contribution < -0.4 is 10.1 Å². The lowest BCUT2D eigenvalue weighted by Crippen LogP contribution is -2.39. The number of anilines is 1. The van der Waals surface area contributed by atoms with Crippen molar-refractivity contribution in [2.75, 3.05) is 12.4 Å². The lowest BCUT2D eigenvalue weighted by molar-refractivity contribution is -0.113. The van der Waals surface area contributed by atoms with Crippen molar-refractivity contribution in [3.63, 3.8) is 0 Å². The van der Waals surface area contributed by atoms with Crippen molar-refractivity contribution in [3.05, 3.63) is 89.1 Å². The molecule has 2 aromatic heterocycles. The number of hydrogen-bond acceptors (Lipinski definition) is 7. The third-order valence-electron chi connectivity index (χ3n) is 5.39. The molecule has 2 aromatic carbocycles. The largest absolute Gasteiger partial charge is 0.504 e. The summed E-state index contributed by atoms with van der Waals surface area (Å²) in [4.78, 5) is 17.5. The molecular weight excluding hydrogens is 474 g/mol. The monoisotopic (exact) mass is 493 g/mol. The van der Waals surface area contributed by atoms with E-state index >= 15 is 0 Å². The van der Waals surface area contributed by atoms with Gasteiger partial charge >= 0.3 is 0 Å². The molecule has 8 nitrogen and oxygen atoms in total. The van der Waals surface area contributed by atoms with E-state index in [-0.39, 0.29) is 27.8 Å². The second-order valence-corrected chi connectivity index (χ2v) is 10.3. The molecule has 172 valence electrons. The molecule has 0 bridgehead atoms. The standard InChI is InChI=1S/C24H19N3O5S2/c1-32-16-11-9-15(10-12-16)14-27-20(24(29)26-19-8-4-5-13-25-19)21(28)22-23(34(27,30)31)17-6-2-3-7-18(17)33-22/h2-13,28H,14H2,1H3,(H,25,26,29). The summed E-state index contributed by atoms with van der Waals surface area (Å²) in [5.41, 5.74) is 0.254. The molecule has 0 spiro atoms. The Hall–Kier alpha value is -3.89. The number of thiophene rings is 1. The molecular formula is C24H19N3O5S2. The third-order valence-corrected chi connectivity index (χ3v) is 8.53. The highest BCUT2D eigenvalue weighted by molar-refractivity contribution is 7.90. The van der Waals surface area contributed by atoms with Gasteiger partial charge in [0, 0.05) is 16.3 Å². The Balaban J connectivity index is 1.67.